The topological polar surface area (TPSA) is 101 Å². The number of imidazole rings is 1. The minimum atomic E-state index is -0.636. The van der Waals surface area contributed by atoms with Gasteiger partial charge in [-0.15, -0.1) is 5.10 Å². The van der Waals surface area contributed by atoms with Gasteiger partial charge in [0, 0.05) is 25.2 Å². The summed E-state index contributed by atoms with van der Waals surface area (Å²) in [7, 11) is 0. The van der Waals surface area contributed by atoms with Gasteiger partial charge in [0.2, 0.25) is 0 Å². The molecule has 0 unspecified atom stereocenters. The van der Waals surface area contributed by atoms with Crippen molar-refractivity contribution in [3.05, 3.63) is 47.9 Å². The van der Waals surface area contributed by atoms with Crippen LogP contribution in [0.3, 0.4) is 0 Å². The molecule has 9 nitrogen and oxygen atoms in total. The monoisotopic (exact) mass is 508 g/mol. The Kier molecular flexibility index (Phi) is 6.74. The summed E-state index contributed by atoms with van der Waals surface area (Å²) in [6.45, 7) is 7.14. The molecule has 1 saturated carbocycles. The molecule has 2 N–H and O–H groups in total. The Morgan fingerprint density at radius 3 is 2.68 bits per heavy atom. The summed E-state index contributed by atoms with van der Waals surface area (Å²) in [5.74, 6) is 0.287. The van der Waals surface area contributed by atoms with E-state index in [1.165, 1.54) is 25.0 Å². The highest BCUT2D eigenvalue weighted by Gasteiger charge is 2.32. The number of carbonyl (C=O) groups is 2. The standard InChI is InChI=1S/C27H33FN6O3/c1-27(2,3)37-26(36)33-12-4-5-19(33)15-31-25(35)20-9-8-18(13-21(20)28)22-16-30-24-11-10-23(32-34(22)24)29-14-17-6-7-17/h8-11,13,16-17,19H,4-7,12,14-15H2,1-3H3,(H,29,32)(H,31,35)/t19-/m0/s1. The number of halogens is 1. The second-order valence-electron chi connectivity index (χ2n) is 10.8. The van der Waals surface area contributed by atoms with Crippen LogP contribution in [0.1, 0.15) is 56.8 Å². The predicted octanol–water partition coefficient (Wildman–Crippen LogP) is 4.49. The molecule has 2 aliphatic rings. The summed E-state index contributed by atoms with van der Waals surface area (Å²) in [4.78, 5) is 31.3. The number of likely N-dealkylation sites (tertiary alicyclic amines) is 1. The van der Waals surface area contributed by atoms with E-state index < -0.39 is 23.4 Å². The molecule has 1 saturated heterocycles. The first-order valence-corrected chi connectivity index (χ1v) is 12.8. The number of nitrogens with zero attached hydrogens (tertiary/aromatic N) is 4. The van der Waals surface area contributed by atoms with Crippen LogP contribution in [-0.4, -0.2) is 62.8 Å². The number of hydrogen-bond acceptors (Lipinski definition) is 6. The Labute approximate surface area is 215 Å². The molecule has 1 aliphatic heterocycles. The SMILES string of the molecule is CC(C)(C)OC(=O)N1CCC[C@H]1CNC(=O)c1ccc(-c2cnc3ccc(NCC4CC4)nn23)cc1F. The number of anilines is 1. The lowest BCUT2D eigenvalue weighted by atomic mass is 10.1. The first kappa shape index (κ1) is 25.0. The summed E-state index contributed by atoms with van der Waals surface area (Å²) >= 11 is 0. The number of rotatable bonds is 7. The lowest BCUT2D eigenvalue weighted by molar-refractivity contribution is 0.0225. The highest BCUT2D eigenvalue weighted by atomic mass is 19.1. The lowest BCUT2D eigenvalue weighted by Gasteiger charge is -2.28. The smallest absolute Gasteiger partial charge is 0.410 e. The van der Waals surface area contributed by atoms with E-state index >= 15 is 4.39 Å². The third-order valence-electron chi connectivity index (χ3n) is 6.64. The van der Waals surface area contributed by atoms with E-state index in [2.05, 4.69) is 20.7 Å². The van der Waals surface area contributed by atoms with E-state index in [1.54, 1.807) is 21.7 Å². The molecule has 2 aromatic heterocycles. The zero-order valence-electron chi connectivity index (χ0n) is 21.5. The zero-order valence-corrected chi connectivity index (χ0v) is 21.5. The van der Waals surface area contributed by atoms with Crippen molar-refractivity contribution >= 4 is 23.5 Å². The second kappa shape index (κ2) is 9.99. The fourth-order valence-electron chi connectivity index (χ4n) is 4.51. The van der Waals surface area contributed by atoms with Crippen LogP contribution in [0.2, 0.25) is 0 Å². The summed E-state index contributed by atoms with van der Waals surface area (Å²) in [6, 6.07) is 8.05. The Hall–Kier alpha value is -3.69. The minimum absolute atomic E-state index is 0.0564. The van der Waals surface area contributed by atoms with Gasteiger partial charge in [-0.1, -0.05) is 6.07 Å². The number of fused-ring (bicyclic) bond motifs is 1. The Morgan fingerprint density at radius 2 is 1.95 bits per heavy atom. The van der Waals surface area contributed by atoms with Gasteiger partial charge in [-0.3, -0.25) is 4.79 Å². The second-order valence-corrected chi connectivity index (χ2v) is 10.8. The Balaban J connectivity index is 1.25. The highest BCUT2D eigenvalue weighted by molar-refractivity contribution is 5.95. The first-order valence-electron chi connectivity index (χ1n) is 12.8. The van der Waals surface area contributed by atoms with Gasteiger partial charge in [0.05, 0.1) is 23.5 Å². The van der Waals surface area contributed by atoms with E-state index in [9.17, 15) is 9.59 Å². The van der Waals surface area contributed by atoms with Crippen molar-refractivity contribution in [1.82, 2.24) is 24.8 Å². The average Bonchev–Trinajstić information content (AvgIpc) is 3.39. The molecule has 0 bridgehead atoms. The van der Waals surface area contributed by atoms with Gasteiger partial charge >= 0.3 is 6.09 Å². The van der Waals surface area contributed by atoms with Gasteiger partial charge in [-0.25, -0.2) is 18.7 Å². The lowest BCUT2D eigenvalue weighted by Crippen LogP contribution is -2.45. The van der Waals surface area contributed by atoms with E-state index in [1.807, 2.05) is 32.9 Å². The van der Waals surface area contributed by atoms with Crippen LogP contribution < -0.4 is 10.6 Å². The van der Waals surface area contributed by atoms with Gasteiger partial charge in [-0.05, 0) is 76.6 Å². The van der Waals surface area contributed by atoms with Crippen molar-refractivity contribution in [2.45, 2.75) is 58.1 Å². The molecule has 1 aromatic carbocycles. The molecule has 0 radical (unpaired) electrons. The van der Waals surface area contributed by atoms with Crippen molar-refractivity contribution in [3.63, 3.8) is 0 Å². The molecule has 10 heteroatoms. The number of ether oxygens (including phenoxy) is 1. The quantitative estimate of drug-likeness (QED) is 0.488. The van der Waals surface area contributed by atoms with Crippen molar-refractivity contribution in [1.29, 1.82) is 0 Å². The van der Waals surface area contributed by atoms with E-state index in [-0.39, 0.29) is 18.2 Å². The van der Waals surface area contributed by atoms with Crippen molar-refractivity contribution < 1.29 is 18.7 Å². The number of amides is 2. The van der Waals surface area contributed by atoms with Gasteiger partial charge in [0.1, 0.15) is 17.2 Å². The number of aromatic nitrogens is 3. The minimum Gasteiger partial charge on any atom is -0.444 e. The maximum atomic E-state index is 15.1. The number of carbonyl (C=O) groups excluding carboxylic acids is 2. The fourth-order valence-corrected chi connectivity index (χ4v) is 4.51. The molecule has 2 amide bonds. The van der Waals surface area contributed by atoms with Gasteiger partial charge < -0.3 is 20.3 Å². The maximum absolute atomic E-state index is 15.1. The summed E-state index contributed by atoms with van der Waals surface area (Å²) in [6.07, 6.45) is 5.31. The number of hydrogen-bond donors (Lipinski definition) is 2. The van der Waals surface area contributed by atoms with Crippen molar-refractivity contribution in [2.75, 3.05) is 25.0 Å². The average molecular weight is 509 g/mol. The molecular weight excluding hydrogens is 475 g/mol. The van der Waals surface area contributed by atoms with E-state index in [0.717, 1.165) is 25.2 Å². The third kappa shape index (κ3) is 5.84. The van der Waals surface area contributed by atoms with Crippen molar-refractivity contribution in [2.24, 2.45) is 5.92 Å². The summed E-state index contributed by atoms with van der Waals surface area (Å²) < 4.78 is 22.2. The van der Waals surface area contributed by atoms with E-state index in [4.69, 9.17) is 4.74 Å². The predicted molar refractivity (Wildman–Crippen MR) is 138 cm³/mol. The largest absolute Gasteiger partial charge is 0.444 e. The van der Waals surface area contributed by atoms with Gasteiger partial charge in [0.25, 0.3) is 5.91 Å². The van der Waals surface area contributed by atoms with Crippen LogP contribution in [-0.2, 0) is 4.74 Å². The zero-order chi connectivity index (χ0) is 26.2. The first-order chi connectivity index (χ1) is 17.7. The van der Waals surface area contributed by atoms with Crippen LogP contribution in [0.25, 0.3) is 16.9 Å². The Morgan fingerprint density at radius 1 is 1.14 bits per heavy atom. The molecule has 3 aromatic rings. The third-order valence-corrected chi connectivity index (χ3v) is 6.64. The normalized spacial score (nSPS) is 17.7. The van der Waals surface area contributed by atoms with Crippen LogP contribution in [0.5, 0.6) is 0 Å². The van der Waals surface area contributed by atoms with Gasteiger partial charge in [0.15, 0.2) is 5.65 Å². The number of nitrogens with one attached hydrogen (secondary N) is 2. The molecule has 0 spiro atoms. The van der Waals surface area contributed by atoms with Gasteiger partial charge in [-0.2, -0.15) is 0 Å². The maximum Gasteiger partial charge on any atom is 0.410 e. The molecule has 1 atom stereocenters. The Bertz CT molecular complexity index is 1310. The van der Waals surface area contributed by atoms with Crippen LogP contribution in [0.15, 0.2) is 36.5 Å². The molecule has 2 fully saturated rings. The summed E-state index contributed by atoms with van der Waals surface area (Å²) in [5.41, 5.74) is 1.21. The molecule has 196 valence electrons. The highest BCUT2D eigenvalue weighted by Crippen LogP contribution is 2.29. The molecule has 3 heterocycles. The van der Waals surface area contributed by atoms with Crippen molar-refractivity contribution in [3.8, 4) is 11.3 Å². The number of benzene rings is 1. The molecule has 1 aliphatic carbocycles. The van der Waals surface area contributed by atoms with Crippen LogP contribution >= 0.6 is 0 Å². The molecular formula is C27H33FN6O3. The fraction of sp³-hybridized carbons (Fsp3) is 0.481. The molecule has 37 heavy (non-hydrogen) atoms. The molecule has 5 rings (SSSR count). The van der Waals surface area contributed by atoms with Crippen LogP contribution in [0, 0.1) is 11.7 Å². The van der Waals surface area contributed by atoms with E-state index in [0.29, 0.717) is 29.4 Å². The summed E-state index contributed by atoms with van der Waals surface area (Å²) in [5, 5.41) is 10.7. The van der Waals surface area contributed by atoms with Crippen LogP contribution in [0.4, 0.5) is 15.0 Å².